The van der Waals surface area contributed by atoms with Crippen LogP contribution in [0.4, 0.5) is 21.9 Å². The lowest BCUT2D eigenvalue weighted by Crippen LogP contribution is -2.36. The first-order valence-electron chi connectivity index (χ1n) is 12.8. The van der Waals surface area contributed by atoms with E-state index in [1.54, 1.807) is 6.07 Å². The summed E-state index contributed by atoms with van der Waals surface area (Å²) in [5.41, 5.74) is 0.751. The minimum atomic E-state index is -0.702. The summed E-state index contributed by atoms with van der Waals surface area (Å²) >= 11 is 6.64. The molecule has 14 nitrogen and oxygen atoms in total. The number of nitrogens with zero attached hydrogens (tertiary/aromatic N) is 2. The number of thioether (sulfide) groups is 1. The smallest absolute Gasteiger partial charge is 0.339 e. The number of anilines is 2. The van der Waals surface area contributed by atoms with Crippen LogP contribution in [0, 0.1) is 10.1 Å². The van der Waals surface area contributed by atoms with E-state index >= 15 is 0 Å². The van der Waals surface area contributed by atoms with Crippen molar-refractivity contribution < 1.29 is 43.1 Å². The van der Waals surface area contributed by atoms with Gasteiger partial charge in [-0.3, -0.25) is 34.2 Å². The summed E-state index contributed by atoms with van der Waals surface area (Å²) in [5.74, 6) is -2.23. The zero-order chi connectivity index (χ0) is 32.7. The SMILES string of the molecule is COC(=O)c1cc(NC(=O)CN2C(=O)S/C(=C\c3ccc(OCC(=O)Nc4cccc([N+](=O)[O-])c4)c(OC)c3)C2=O)ccc1Cl. The van der Waals surface area contributed by atoms with Crippen LogP contribution in [0.25, 0.3) is 6.08 Å². The van der Waals surface area contributed by atoms with Gasteiger partial charge in [-0.1, -0.05) is 23.7 Å². The molecule has 1 saturated heterocycles. The lowest BCUT2D eigenvalue weighted by atomic mass is 10.2. The third-order valence-corrected chi connectivity index (χ3v) is 7.25. The zero-order valence-corrected chi connectivity index (χ0v) is 25.1. The second-order valence-electron chi connectivity index (χ2n) is 9.06. The molecule has 1 fully saturated rings. The van der Waals surface area contributed by atoms with E-state index in [1.807, 2.05) is 0 Å². The van der Waals surface area contributed by atoms with Crippen LogP contribution >= 0.6 is 23.4 Å². The highest BCUT2D eigenvalue weighted by molar-refractivity contribution is 8.18. The lowest BCUT2D eigenvalue weighted by molar-refractivity contribution is -0.384. The molecule has 1 aliphatic heterocycles. The molecular weight excluding hydrogens is 632 g/mol. The van der Waals surface area contributed by atoms with Crippen LogP contribution in [-0.2, 0) is 19.1 Å². The molecule has 1 heterocycles. The predicted octanol–water partition coefficient (Wildman–Crippen LogP) is 4.74. The van der Waals surface area contributed by atoms with Crippen molar-refractivity contribution in [1.29, 1.82) is 0 Å². The molecule has 4 rings (SSSR count). The summed E-state index contributed by atoms with van der Waals surface area (Å²) in [7, 11) is 2.56. The number of rotatable bonds is 11. The second kappa shape index (κ2) is 14.4. The van der Waals surface area contributed by atoms with Gasteiger partial charge in [-0.15, -0.1) is 0 Å². The van der Waals surface area contributed by atoms with Crippen molar-refractivity contribution in [3.63, 3.8) is 0 Å². The number of ether oxygens (including phenoxy) is 3. The molecule has 0 unspecified atom stereocenters. The molecule has 0 saturated carbocycles. The van der Waals surface area contributed by atoms with Crippen molar-refractivity contribution in [3.05, 3.63) is 91.8 Å². The highest BCUT2D eigenvalue weighted by Gasteiger charge is 2.36. The van der Waals surface area contributed by atoms with Crippen LogP contribution in [0.1, 0.15) is 15.9 Å². The van der Waals surface area contributed by atoms with Gasteiger partial charge in [0.1, 0.15) is 6.54 Å². The number of esters is 1. The van der Waals surface area contributed by atoms with Crippen molar-refractivity contribution in [2.45, 2.75) is 0 Å². The molecule has 2 N–H and O–H groups in total. The molecule has 1 aliphatic rings. The number of halogens is 1. The number of methoxy groups -OCH3 is 2. The summed E-state index contributed by atoms with van der Waals surface area (Å²) in [6.45, 7) is -1.01. The largest absolute Gasteiger partial charge is 0.493 e. The molecule has 0 aliphatic carbocycles. The van der Waals surface area contributed by atoms with Crippen LogP contribution in [0.15, 0.2) is 65.6 Å². The van der Waals surface area contributed by atoms with Crippen molar-refractivity contribution in [2.75, 3.05) is 38.0 Å². The Kier molecular flexibility index (Phi) is 10.4. The van der Waals surface area contributed by atoms with Gasteiger partial charge in [0.2, 0.25) is 5.91 Å². The average Bonchev–Trinajstić information content (AvgIpc) is 3.27. The number of benzene rings is 3. The molecule has 45 heavy (non-hydrogen) atoms. The van der Waals surface area contributed by atoms with Gasteiger partial charge in [0.05, 0.1) is 34.6 Å². The van der Waals surface area contributed by atoms with Gasteiger partial charge >= 0.3 is 5.97 Å². The fourth-order valence-electron chi connectivity index (χ4n) is 3.93. The van der Waals surface area contributed by atoms with Gasteiger partial charge in [-0.05, 0) is 59.8 Å². The van der Waals surface area contributed by atoms with E-state index in [1.165, 1.54) is 74.9 Å². The van der Waals surface area contributed by atoms with Crippen LogP contribution < -0.4 is 20.1 Å². The van der Waals surface area contributed by atoms with Crippen LogP contribution in [0.3, 0.4) is 0 Å². The van der Waals surface area contributed by atoms with Crippen LogP contribution in [0.2, 0.25) is 5.02 Å². The molecule has 0 atom stereocenters. The van der Waals surface area contributed by atoms with Crippen molar-refractivity contribution in [2.24, 2.45) is 0 Å². The number of amides is 4. The molecular formula is C29H23ClN4O10S. The zero-order valence-electron chi connectivity index (χ0n) is 23.5. The summed E-state index contributed by atoms with van der Waals surface area (Å²) in [4.78, 5) is 73.5. The number of carbonyl (C=O) groups excluding carboxylic acids is 5. The fraction of sp³-hybridized carbons (Fsp3) is 0.138. The number of carbonyl (C=O) groups is 5. The molecule has 0 aromatic heterocycles. The van der Waals surface area contributed by atoms with E-state index in [2.05, 4.69) is 15.4 Å². The minimum Gasteiger partial charge on any atom is -0.493 e. The van der Waals surface area contributed by atoms with Crippen molar-refractivity contribution in [3.8, 4) is 11.5 Å². The number of non-ortho nitro benzene ring substituents is 1. The molecule has 3 aromatic carbocycles. The quantitative estimate of drug-likeness (QED) is 0.126. The maximum Gasteiger partial charge on any atom is 0.339 e. The number of imide groups is 1. The Balaban J connectivity index is 1.38. The first-order valence-corrected chi connectivity index (χ1v) is 14.0. The van der Waals surface area contributed by atoms with E-state index in [4.69, 9.17) is 21.1 Å². The van der Waals surface area contributed by atoms with Crippen molar-refractivity contribution >= 4 is 75.4 Å². The second-order valence-corrected chi connectivity index (χ2v) is 10.5. The van der Waals surface area contributed by atoms with Gasteiger partial charge in [-0.25, -0.2) is 4.79 Å². The first kappa shape index (κ1) is 32.5. The van der Waals surface area contributed by atoms with Crippen LogP contribution in [-0.4, -0.2) is 66.1 Å². The molecule has 4 amide bonds. The molecule has 0 radical (unpaired) electrons. The fourth-order valence-corrected chi connectivity index (χ4v) is 4.97. The average molecular weight is 655 g/mol. The Hall–Kier alpha value is -5.41. The number of hydrogen-bond acceptors (Lipinski definition) is 11. The number of nitro benzene ring substituents is 1. The van der Waals surface area contributed by atoms with Gasteiger partial charge in [0.15, 0.2) is 18.1 Å². The molecule has 0 spiro atoms. The Labute approximate surface area is 264 Å². The topological polar surface area (TPSA) is 183 Å². The Morgan fingerprint density at radius 3 is 2.42 bits per heavy atom. The Morgan fingerprint density at radius 1 is 0.978 bits per heavy atom. The number of nitrogens with one attached hydrogen (secondary N) is 2. The number of hydrogen-bond donors (Lipinski definition) is 2. The monoisotopic (exact) mass is 654 g/mol. The molecule has 16 heteroatoms. The minimum absolute atomic E-state index is 0.0293. The molecule has 0 bridgehead atoms. The maximum atomic E-state index is 13.0. The first-order chi connectivity index (χ1) is 21.5. The summed E-state index contributed by atoms with van der Waals surface area (Å²) < 4.78 is 15.5. The highest BCUT2D eigenvalue weighted by Crippen LogP contribution is 2.34. The molecule has 3 aromatic rings. The highest BCUT2D eigenvalue weighted by atomic mass is 35.5. The standard InChI is InChI=1S/C29H23ClN4O10S/c1-42-23-10-16(6-9-22(23)44-15-26(36)32-17-4-3-5-19(12-17)34(40)41)11-24-27(37)33(29(39)45-24)14-25(35)31-18-7-8-21(30)20(13-18)28(38)43-2/h3-13H,14-15H2,1-2H3,(H,31,35)(H,32,36)/b24-11-. The Bertz CT molecular complexity index is 1750. The molecule has 232 valence electrons. The number of nitro groups is 1. The van der Waals surface area contributed by atoms with Crippen molar-refractivity contribution in [1.82, 2.24) is 4.90 Å². The third-order valence-electron chi connectivity index (χ3n) is 6.02. The Morgan fingerprint density at radius 2 is 1.71 bits per heavy atom. The van der Waals surface area contributed by atoms with Gasteiger partial charge < -0.3 is 24.8 Å². The van der Waals surface area contributed by atoms with E-state index in [-0.39, 0.29) is 44.1 Å². The summed E-state index contributed by atoms with van der Waals surface area (Å²) in [6.07, 6.45) is 1.44. The van der Waals surface area contributed by atoms with E-state index < -0.39 is 47.0 Å². The lowest BCUT2D eigenvalue weighted by Gasteiger charge is -2.13. The summed E-state index contributed by atoms with van der Waals surface area (Å²) in [6, 6.07) is 14.2. The van der Waals surface area contributed by atoms with Gasteiger partial charge in [0, 0.05) is 23.5 Å². The predicted molar refractivity (Wildman–Crippen MR) is 164 cm³/mol. The third kappa shape index (κ3) is 8.16. The van der Waals surface area contributed by atoms with E-state index in [9.17, 15) is 34.1 Å². The van der Waals surface area contributed by atoms with Gasteiger partial charge in [0.25, 0.3) is 22.7 Å². The van der Waals surface area contributed by atoms with E-state index in [0.29, 0.717) is 17.3 Å². The van der Waals surface area contributed by atoms with Gasteiger partial charge in [-0.2, -0.15) is 0 Å². The van der Waals surface area contributed by atoms with E-state index in [0.717, 1.165) is 4.90 Å². The normalized spacial score (nSPS) is 13.4. The maximum absolute atomic E-state index is 13.0. The van der Waals surface area contributed by atoms with Crippen LogP contribution in [0.5, 0.6) is 11.5 Å². The summed E-state index contributed by atoms with van der Waals surface area (Å²) in [5, 5.41) is 15.4.